The van der Waals surface area contributed by atoms with Gasteiger partial charge in [0.1, 0.15) is 11.6 Å². The van der Waals surface area contributed by atoms with Crippen LogP contribution in [0.2, 0.25) is 0 Å². The summed E-state index contributed by atoms with van der Waals surface area (Å²) in [5.41, 5.74) is 2.68. The Morgan fingerprint density at radius 3 is 2.32 bits per heavy atom. The molecule has 3 aromatic carbocycles. The fourth-order valence-electron chi connectivity index (χ4n) is 3.77. The molecule has 0 saturated heterocycles. The highest BCUT2D eigenvalue weighted by Crippen LogP contribution is 2.30. The first kappa shape index (κ1) is 21.8. The van der Waals surface area contributed by atoms with Gasteiger partial charge in [-0.3, -0.25) is 0 Å². The summed E-state index contributed by atoms with van der Waals surface area (Å²) in [6.07, 6.45) is 0. The molecule has 0 radical (unpaired) electrons. The second kappa shape index (κ2) is 8.42. The highest BCUT2D eigenvalue weighted by atomic mass is 32.2. The van der Waals surface area contributed by atoms with E-state index in [9.17, 15) is 8.42 Å². The van der Waals surface area contributed by atoms with Crippen LogP contribution in [0, 0.1) is 0 Å². The highest BCUT2D eigenvalue weighted by molar-refractivity contribution is 7.91. The maximum Gasteiger partial charge on any atom is 0.229 e. The molecule has 2 aromatic heterocycles. The Morgan fingerprint density at radius 2 is 1.65 bits per heavy atom. The molecular formula is C25H23N5O3S. The normalized spacial score (nSPS) is 11.9. The molecule has 1 N–H and O–H groups in total. The standard InChI is InChI=1S/C25H23N5O3S/c1-16(2)17-8-14-20(15-9-17)34(31,32)25-24-27-23(26-18-10-12-19(33-3)13-11-18)21-6-4-5-7-22(21)30(24)29-28-25/h4-16H,1-3H3,(H,26,27). The molecule has 0 aliphatic heterocycles. The summed E-state index contributed by atoms with van der Waals surface area (Å²) < 4.78 is 33.6. The molecule has 5 aromatic rings. The maximum absolute atomic E-state index is 13.5. The molecule has 0 saturated carbocycles. The molecule has 9 heteroatoms. The van der Waals surface area contributed by atoms with Crippen molar-refractivity contribution < 1.29 is 13.2 Å². The minimum atomic E-state index is -3.93. The molecule has 34 heavy (non-hydrogen) atoms. The first-order valence-electron chi connectivity index (χ1n) is 10.8. The summed E-state index contributed by atoms with van der Waals surface area (Å²) >= 11 is 0. The van der Waals surface area contributed by atoms with E-state index in [1.807, 2.05) is 60.7 Å². The third kappa shape index (κ3) is 3.73. The van der Waals surface area contributed by atoms with Gasteiger partial charge in [0.05, 0.1) is 17.5 Å². The molecule has 2 heterocycles. The summed E-state index contributed by atoms with van der Waals surface area (Å²) in [5, 5.41) is 12.1. The van der Waals surface area contributed by atoms with Crippen LogP contribution < -0.4 is 10.1 Å². The second-order valence-electron chi connectivity index (χ2n) is 8.19. The number of benzene rings is 3. The van der Waals surface area contributed by atoms with E-state index >= 15 is 0 Å². The largest absolute Gasteiger partial charge is 0.497 e. The van der Waals surface area contributed by atoms with E-state index in [1.165, 1.54) is 4.52 Å². The predicted octanol–water partition coefficient (Wildman–Crippen LogP) is 4.99. The number of methoxy groups -OCH3 is 1. The van der Waals surface area contributed by atoms with Gasteiger partial charge in [-0.1, -0.05) is 43.3 Å². The summed E-state index contributed by atoms with van der Waals surface area (Å²) in [6.45, 7) is 4.12. The first-order valence-corrected chi connectivity index (χ1v) is 12.3. The van der Waals surface area contributed by atoms with Gasteiger partial charge in [-0.2, -0.15) is 4.52 Å². The van der Waals surface area contributed by atoms with Crippen molar-refractivity contribution in [1.29, 1.82) is 0 Å². The molecule has 0 atom stereocenters. The number of fused-ring (bicyclic) bond motifs is 3. The smallest absolute Gasteiger partial charge is 0.229 e. The van der Waals surface area contributed by atoms with Crippen molar-refractivity contribution >= 4 is 37.9 Å². The van der Waals surface area contributed by atoms with Gasteiger partial charge in [0.2, 0.25) is 14.9 Å². The molecule has 172 valence electrons. The number of anilines is 2. The Labute approximate surface area is 197 Å². The minimum absolute atomic E-state index is 0.152. The number of nitrogens with zero attached hydrogens (tertiary/aromatic N) is 4. The third-order valence-corrected chi connectivity index (χ3v) is 7.35. The molecule has 5 rings (SSSR count). The van der Waals surface area contributed by atoms with Gasteiger partial charge in [0, 0.05) is 11.1 Å². The Bertz CT molecular complexity index is 1590. The molecule has 0 bridgehead atoms. The number of hydrogen-bond donors (Lipinski definition) is 1. The van der Waals surface area contributed by atoms with Crippen LogP contribution in [0.3, 0.4) is 0 Å². The van der Waals surface area contributed by atoms with Crippen molar-refractivity contribution in [2.24, 2.45) is 0 Å². The van der Waals surface area contributed by atoms with Crippen molar-refractivity contribution in [3.63, 3.8) is 0 Å². The van der Waals surface area contributed by atoms with Gasteiger partial charge >= 0.3 is 0 Å². The summed E-state index contributed by atoms with van der Waals surface area (Å²) in [4.78, 5) is 4.81. The molecule has 0 aliphatic rings. The number of sulfone groups is 1. The van der Waals surface area contributed by atoms with Crippen LogP contribution in [-0.2, 0) is 9.84 Å². The Balaban J connectivity index is 1.66. The van der Waals surface area contributed by atoms with Gasteiger partial charge in [0.25, 0.3) is 0 Å². The quantitative estimate of drug-likeness (QED) is 0.371. The van der Waals surface area contributed by atoms with Gasteiger partial charge in [-0.05, 0) is 60.0 Å². The summed E-state index contributed by atoms with van der Waals surface area (Å²) in [6, 6.07) is 21.7. The number of nitrogens with one attached hydrogen (secondary N) is 1. The summed E-state index contributed by atoms with van der Waals surface area (Å²) in [7, 11) is -2.33. The highest BCUT2D eigenvalue weighted by Gasteiger charge is 2.27. The van der Waals surface area contributed by atoms with Crippen molar-refractivity contribution in [2.75, 3.05) is 12.4 Å². The predicted molar refractivity (Wildman–Crippen MR) is 131 cm³/mol. The van der Waals surface area contributed by atoms with Crippen LogP contribution in [0.15, 0.2) is 82.7 Å². The zero-order chi connectivity index (χ0) is 23.9. The van der Waals surface area contributed by atoms with Gasteiger partial charge in [0.15, 0.2) is 5.65 Å². The van der Waals surface area contributed by atoms with Gasteiger partial charge in [-0.25, -0.2) is 13.4 Å². The maximum atomic E-state index is 13.5. The number of para-hydroxylation sites is 1. The zero-order valence-electron chi connectivity index (χ0n) is 18.9. The second-order valence-corrected chi connectivity index (χ2v) is 10.1. The first-order chi connectivity index (χ1) is 16.4. The van der Waals surface area contributed by atoms with Crippen molar-refractivity contribution in [1.82, 2.24) is 19.8 Å². The number of rotatable bonds is 6. The average molecular weight is 474 g/mol. The van der Waals surface area contributed by atoms with E-state index in [2.05, 4.69) is 34.5 Å². The van der Waals surface area contributed by atoms with E-state index in [4.69, 9.17) is 4.74 Å². The molecule has 0 aliphatic carbocycles. The van der Waals surface area contributed by atoms with Crippen LogP contribution in [0.1, 0.15) is 25.3 Å². The van der Waals surface area contributed by atoms with E-state index in [-0.39, 0.29) is 15.6 Å². The van der Waals surface area contributed by atoms with E-state index in [0.29, 0.717) is 17.3 Å². The lowest BCUT2D eigenvalue weighted by molar-refractivity contribution is 0.415. The van der Waals surface area contributed by atoms with E-state index < -0.39 is 9.84 Å². The van der Waals surface area contributed by atoms with Crippen LogP contribution >= 0.6 is 0 Å². The molecule has 0 spiro atoms. The van der Waals surface area contributed by atoms with Gasteiger partial charge < -0.3 is 10.1 Å². The number of aromatic nitrogens is 4. The topological polar surface area (TPSA) is 98.5 Å². The fraction of sp³-hybridized carbons (Fsp3) is 0.160. The zero-order valence-corrected chi connectivity index (χ0v) is 19.7. The minimum Gasteiger partial charge on any atom is -0.497 e. The SMILES string of the molecule is COc1ccc(Nc2nc3c(S(=O)(=O)c4ccc(C(C)C)cc4)nnn3c3ccccc23)cc1. The molecule has 0 unspecified atom stereocenters. The third-order valence-electron chi connectivity index (χ3n) is 5.69. The van der Waals surface area contributed by atoms with E-state index in [0.717, 1.165) is 22.4 Å². The van der Waals surface area contributed by atoms with Crippen molar-refractivity contribution in [3.05, 3.63) is 78.4 Å². The van der Waals surface area contributed by atoms with E-state index in [1.54, 1.807) is 19.2 Å². The average Bonchev–Trinajstić information content (AvgIpc) is 3.30. The molecule has 8 nitrogen and oxygen atoms in total. The monoisotopic (exact) mass is 473 g/mol. The summed E-state index contributed by atoms with van der Waals surface area (Å²) in [5.74, 6) is 1.53. The Kier molecular flexibility index (Phi) is 5.41. The van der Waals surface area contributed by atoms with Crippen LogP contribution in [0.4, 0.5) is 11.5 Å². The Morgan fingerprint density at radius 1 is 0.941 bits per heavy atom. The number of hydrogen-bond acceptors (Lipinski definition) is 7. The van der Waals surface area contributed by atoms with Crippen molar-refractivity contribution in [2.45, 2.75) is 29.7 Å². The van der Waals surface area contributed by atoms with Crippen LogP contribution in [-0.4, -0.2) is 35.3 Å². The molecular weight excluding hydrogens is 450 g/mol. The van der Waals surface area contributed by atoms with Crippen LogP contribution in [0.25, 0.3) is 16.6 Å². The molecule has 0 fully saturated rings. The molecule has 0 amide bonds. The Hall–Kier alpha value is -3.98. The lowest BCUT2D eigenvalue weighted by Gasteiger charge is -2.11. The fourth-order valence-corrected chi connectivity index (χ4v) is 5.00. The van der Waals surface area contributed by atoms with Gasteiger partial charge in [-0.15, -0.1) is 5.10 Å². The van der Waals surface area contributed by atoms with Crippen LogP contribution in [0.5, 0.6) is 5.75 Å². The number of ether oxygens (including phenoxy) is 1. The lowest BCUT2D eigenvalue weighted by Crippen LogP contribution is -2.06. The van der Waals surface area contributed by atoms with Crippen molar-refractivity contribution in [3.8, 4) is 5.75 Å². The lowest BCUT2D eigenvalue weighted by atomic mass is 10.0.